The van der Waals surface area contributed by atoms with Crippen molar-refractivity contribution in [2.24, 2.45) is 16.8 Å². The minimum atomic E-state index is -3.85. The Morgan fingerprint density at radius 2 is 1.75 bits per heavy atom. The zero-order valence-corrected chi connectivity index (χ0v) is 11.9. The van der Waals surface area contributed by atoms with E-state index >= 15 is 0 Å². The van der Waals surface area contributed by atoms with Gasteiger partial charge in [-0.3, -0.25) is 4.79 Å². The largest absolute Gasteiger partial charge is 0.328 e. The summed E-state index contributed by atoms with van der Waals surface area (Å²) in [6.45, 7) is 0. The summed E-state index contributed by atoms with van der Waals surface area (Å²) in [6.07, 6.45) is 3.08. The molecule has 0 saturated heterocycles. The third-order valence-electron chi connectivity index (χ3n) is 3.59. The molecule has 2 rings (SSSR count). The van der Waals surface area contributed by atoms with Crippen molar-refractivity contribution < 1.29 is 13.2 Å². The Hall–Kier alpha value is -1.44. The van der Waals surface area contributed by atoms with Gasteiger partial charge in [-0.15, -0.1) is 0 Å². The van der Waals surface area contributed by atoms with Crippen LogP contribution in [0.3, 0.4) is 0 Å². The van der Waals surface area contributed by atoms with Crippen LogP contribution in [-0.4, -0.2) is 20.4 Å². The van der Waals surface area contributed by atoms with Gasteiger partial charge < -0.3 is 11.1 Å². The second-order valence-electron chi connectivity index (χ2n) is 5.14. The van der Waals surface area contributed by atoms with Crippen molar-refractivity contribution in [1.29, 1.82) is 0 Å². The molecule has 20 heavy (non-hydrogen) atoms. The van der Waals surface area contributed by atoms with E-state index in [1.54, 1.807) is 12.1 Å². The van der Waals surface area contributed by atoms with E-state index in [2.05, 4.69) is 5.32 Å². The molecule has 0 radical (unpaired) electrons. The Labute approximate surface area is 118 Å². The van der Waals surface area contributed by atoms with Crippen molar-refractivity contribution in [2.45, 2.75) is 36.6 Å². The Kier molecular flexibility index (Phi) is 4.42. The normalized spacial score (nSPS) is 23.3. The van der Waals surface area contributed by atoms with Crippen LogP contribution in [0.15, 0.2) is 29.2 Å². The molecule has 1 amide bonds. The SMILES string of the molecule is NC1CCC(C(=O)Nc2ccccc2S(N)(=O)=O)CC1. The molecule has 110 valence electrons. The number of hydrogen-bond acceptors (Lipinski definition) is 4. The van der Waals surface area contributed by atoms with Gasteiger partial charge in [0.15, 0.2) is 0 Å². The first-order valence-corrected chi connectivity index (χ1v) is 8.11. The molecule has 1 aliphatic rings. The zero-order valence-electron chi connectivity index (χ0n) is 11.1. The number of sulfonamides is 1. The van der Waals surface area contributed by atoms with Gasteiger partial charge in [-0.2, -0.15) is 0 Å². The minimum Gasteiger partial charge on any atom is -0.328 e. The maximum Gasteiger partial charge on any atom is 0.240 e. The number of nitrogens with one attached hydrogen (secondary N) is 1. The summed E-state index contributed by atoms with van der Waals surface area (Å²) in [4.78, 5) is 12.1. The van der Waals surface area contributed by atoms with E-state index in [9.17, 15) is 13.2 Å². The smallest absolute Gasteiger partial charge is 0.240 e. The van der Waals surface area contributed by atoms with Gasteiger partial charge in [-0.05, 0) is 37.8 Å². The van der Waals surface area contributed by atoms with E-state index in [0.717, 1.165) is 25.7 Å². The highest BCUT2D eigenvalue weighted by Gasteiger charge is 2.25. The van der Waals surface area contributed by atoms with Crippen LogP contribution in [0.25, 0.3) is 0 Å². The summed E-state index contributed by atoms with van der Waals surface area (Å²) < 4.78 is 22.9. The lowest BCUT2D eigenvalue weighted by atomic mass is 9.86. The van der Waals surface area contributed by atoms with Crippen molar-refractivity contribution in [3.05, 3.63) is 24.3 Å². The van der Waals surface area contributed by atoms with Gasteiger partial charge >= 0.3 is 0 Å². The van der Waals surface area contributed by atoms with Gasteiger partial charge in [0.1, 0.15) is 4.90 Å². The van der Waals surface area contributed by atoms with E-state index in [-0.39, 0.29) is 28.4 Å². The molecule has 0 bridgehead atoms. The number of carbonyl (C=O) groups excluding carboxylic acids is 1. The highest BCUT2D eigenvalue weighted by Crippen LogP contribution is 2.26. The topological polar surface area (TPSA) is 115 Å². The predicted octanol–water partition coefficient (Wildman–Crippen LogP) is 0.790. The van der Waals surface area contributed by atoms with Crippen molar-refractivity contribution >= 4 is 21.6 Å². The molecule has 1 aromatic carbocycles. The average Bonchev–Trinajstić information content (AvgIpc) is 2.38. The summed E-state index contributed by atoms with van der Waals surface area (Å²) >= 11 is 0. The molecule has 0 unspecified atom stereocenters. The fraction of sp³-hybridized carbons (Fsp3) is 0.462. The van der Waals surface area contributed by atoms with Gasteiger partial charge in [-0.1, -0.05) is 12.1 Å². The molecule has 1 aromatic rings. The third-order valence-corrected chi connectivity index (χ3v) is 4.56. The lowest BCUT2D eigenvalue weighted by Crippen LogP contribution is -2.32. The lowest BCUT2D eigenvalue weighted by Gasteiger charge is -2.25. The first-order valence-electron chi connectivity index (χ1n) is 6.56. The lowest BCUT2D eigenvalue weighted by molar-refractivity contribution is -0.120. The van der Waals surface area contributed by atoms with E-state index < -0.39 is 10.0 Å². The zero-order chi connectivity index (χ0) is 14.8. The molecule has 1 fully saturated rings. The fourth-order valence-corrected chi connectivity index (χ4v) is 3.13. The first-order chi connectivity index (χ1) is 9.38. The van der Waals surface area contributed by atoms with Crippen LogP contribution in [-0.2, 0) is 14.8 Å². The number of primary sulfonamides is 1. The van der Waals surface area contributed by atoms with Crippen molar-refractivity contribution in [2.75, 3.05) is 5.32 Å². The molecule has 0 aromatic heterocycles. The molecule has 1 aliphatic carbocycles. The van der Waals surface area contributed by atoms with Crippen molar-refractivity contribution in [3.63, 3.8) is 0 Å². The maximum absolute atomic E-state index is 12.2. The second-order valence-corrected chi connectivity index (χ2v) is 6.67. The minimum absolute atomic E-state index is 0.0686. The van der Waals surface area contributed by atoms with Crippen LogP contribution in [0.5, 0.6) is 0 Å². The fourth-order valence-electron chi connectivity index (χ4n) is 2.43. The number of benzene rings is 1. The van der Waals surface area contributed by atoms with Gasteiger partial charge in [0, 0.05) is 12.0 Å². The van der Waals surface area contributed by atoms with Crippen molar-refractivity contribution in [1.82, 2.24) is 0 Å². The molecule has 7 heteroatoms. The van der Waals surface area contributed by atoms with Crippen LogP contribution < -0.4 is 16.2 Å². The number of anilines is 1. The summed E-state index contributed by atoms with van der Waals surface area (Å²) in [5, 5.41) is 7.80. The van der Waals surface area contributed by atoms with Gasteiger partial charge in [0.2, 0.25) is 15.9 Å². The Morgan fingerprint density at radius 3 is 2.35 bits per heavy atom. The van der Waals surface area contributed by atoms with Gasteiger partial charge in [0.25, 0.3) is 0 Å². The van der Waals surface area contributed by atoms with Crippen LogP contribution in [0, 0.1) is 5.92 Å². The van der Waals surface area contributed by atoms with E-state index in [4.69, 9.17) is 10.9 Å². The molecule has 5 N–H and O–H groups in total. The van der Waals surface area contributed by atoms with Crippen LogP contribution in [0.1, 0.15) is 25.7 Å². The van der Waals surface area contributed by atoms with E-state index in [1.807, 2.05) is 0 Å². The molecule has 0 aliphatic heterocycles. The molecular weight excluding hydrogens is 278 g/mol. The number of carbonyl (C=O) groups is 1. The molecule has 0 atom stereocenters. The first kappa shape index (κ1) is 15.0. The van der Waals surface area contributed by atoms with E-state index in [1.165, 1.54) is 12.1 Å². The third kappa shape index (κ3) is 3.56. The monoisotopic (exact) mass is 297 g/mol. The quantitative estimate of drug-likeness (QED) is 0.765. The Balaban J connectivity index is 2.13. The number of hydrogen-bond donors (Lipinski definition) is 3. The van der Waals surface area contributed by atoms with Crippen LogP contribution in [0.2, 0.25) is 0 Å². The van der Waals surface area contributed by atoms with Crippen molar-refractivity contribution in [3.8, 4) is 0 Å². The number of rotatable bonds is 3. The molecule has 1 saturated carbocycles. The maximum atomic E-state index is 12.2. The highest BCUT2D eigenvalue weighted by molar-refractivity contribution is 7.89. The number of nitrogens with two attached hydrogens (primary N) is 2. The second kappa shape index (κ2) is 5.90. The molecule has 0 heterocycles. The molecular formula is C13H19N3O3S. The van der Waals surface area contributed by atoms with Crippen LogP contribution in [0.4, 0.5) is 5.69 Å². The summed E-state index contributed by atoms with van der Waals surface area (Å²) in [6, 6.07) is 6.29. The predicted molar refractivity (Wildman–Crippen MR) is 76.4 cm³/mol. The Bertz CT molecular complexity index is 593. The standard InChI is InChI=1S/C13H19N3O3S/c14-10-7-5-9(6-8-10)13(17)16-11-3-1-2-4-12(11)20(15,18)19/h1-4,9-10H,5-8,14H2,(H,16,17)(H2,15,18,19). The molecule has 6 nitrogen and oxygen atoms in total. The summed E-state index contributed by atoms with van der Waals surface area (Å²) in [7, 11) is -3.85. The van der Waals surface area contributed by atoms with Gasteiger partial charge in [0.05, 0.1) is 5.69 Å². The summed E-state index contributed by atoms with van der Waals surface area (Å²) in [5.74, 6) is -0.295. The summed E-state index contributed by atoms with van der Waals surface area (Å²) in [5.41, 5.74) is 6.03. The number of para-hydroxylation sites is 1. The molecule has 0 spiro atoms. The average molecular weight is 297 g/mol. The van der Waals surface area contributed by atoms with Crippen LogP contribution >= 0.6 is 0 Å². The van der Waals surface area contributed by atoms with Gasteiger partial charge in [-0.25, -0.2) is 13.6 Å². The highest BCUT2D eigenvalue weighted by atomic mass is 32.2. The Morgan fingerprint density at radius 1 is 1.15 bits per heavy atom. The van der Waals surface area contributed by atoms with E-state index in [0.29, 0.717) is 0 Å². The number of amides is 1.